The van der Waals surface area contributed by atoms with Gasteiger partial charge in [0, 0.05) is 55.3 Å². The van der Waals surface area contributed by atoms with Gasteiger partial charge in [0.15, 0.2) is 0 Å². The van der Waals surface area contributed by atoms with Crippen LogP contribution < -0.4 is 4.74 Å². The molecule has 2 saturated heterocycles. The minimum absolute atomic E-state index is 0.156. The molecule has 1 aromatic carbocycles. The molecule has 1 amide bonds. The monoisotopic (exact) mass is 384 g/mol. The van der Waals surface area contributed by atoms with Crippen molar-refractivity contribution in [3.8, 4) is 16.2 Å². The Labute approximate surface area is 163 Å². The third-order valence-corrected chi connectivity index (χ3v) is 6.88. The number of carbonyl (C=O) groups excluding carboxylic acids is 1. The van der Waals surface area contributed by atoms with Crippen molar-refractivity contribution in [2.45, 2.75) is 25.6 Å². The molecule has 6 heteroatoms. The van der Waals surface area contributed by atoms with Crippen molar-refractivity contribution in [2.24, 2.45) is 0 Å². The van der Waals surface area contributed by atoms with Gasteiger partial charge in [-0.1, -0.05) is 12.1 Å². The van der Waals surface area contributed by atoms with Crippen molar-refractivity contribution < 1.29 is 14.3 Å². The summed E-state index contributed by atoms with van der Waals surface area (Å²) in [5.74, 6) is 1.07. The number of hydrogen-bond acceptors (Lipinski definition) is 5. The summed E-state index contributed by atoms with van der Waals surface area (Å²) in [6.07, 6.45) is 2.74. The van der Waals surface area contributed by atoms with Crippen molar-refractivity contribution >= 4 is 17.2 Å². The Kier molecular flexibility index (Phi) is 4.63. The lowest BCUT2D eigenvalue weighted by Crippen LogP contribution is -2.50. The first-order valence-corrected chi connectivity index (χ1v) is 10.6. The van der Waals surface area contributed by atoms with E-state index in [9.17, 15) is 4.79 Å². The highest BCUT2D eigenvalue weighted by Crippen LogP contribution is 2.42. The van der Waals surface area contributed by atoms with Gasteiger partial charge in [-0.25, -0.2) is 0 Å². The Balaban J connectivity index is 1.26. The number of thiophene rings is 1. The third-order valence-electron chi connectivity index (χ3n) is 5.68. The van der Waals surface area contributed by atoms with Gasteiger partial charge in [0.1, 0.15) is 12.4 Å². The van der Waals surface area contributed by atoms with Gasteiger partial charge in [-0.3, -0.25) is 9.69 Å². The number of rotatable bonds is 3. The zero-order valence-electron chi connectivity index (χ0n) is 15.4. The lowest BCUT2D eigenvalue weighted by Gasteiger charge is -2.35. The molecule has 1 aromatic heterocycles. The average Bonchev–Trinajstić information content (AvgIpc) is 3.37. The number of ether oxygens (including phenoxy) is 2. The molecule has 2 aromatic rings. The number of nitrogens with zero attached hydrogens (tertiary/aromatic N) is 2. The minimum atomic E-state index is 0.156. The summed E-state index contributed by atoms with van der Waals surface area (Å²) >= 11 is 1.60. The summed E-state index contributed by atoms with van der Waals surface area (Å²) in [4.78, 5) is 19.5. The topological polar surface area (TPSA) is 42.0 Å². The van der Waals surface area contributed by atoms with Crippen LogP contribution in [0.1, 0.15) is 28.1 Å². The first-order valence-electron chi connectivity index (χ1n) is 9.76. The lowest BCUT2D eigenvalue weighted by molar-refractivity contribution is 0.0435. The van der Waals surface area contributed by atoms with Crippen LogP contribution in [-0.2, 0) is 11.3 Å². The van der Waals surface area contributed by atoms with Crippen LogP contribution in [0.5, 0.6) is 5.75 Å². The van der Waals surface area contributed by atoms with Crippen LogP contribution in [0.4, 0.5) is 0 Å². The van der Waals surface area contributed by atoms with Gasteiger partial charge in [0.2, 0.25) is 0 Å². The van der Waals surface area contributed by atoms with E-state index >= 15 is 0 Å². The molecule has 2 fully saturated rings. The van der Waals surface area contributed by atoms with Crippen molar-refractivity contribution in [3.63, 3.8) is 0 Å². The Morgan fingerprint density at radius 2 is 2.04 bits per heavy atom. The molecule has 3 aliphatic rings. The molecule has 0 radical (unpaired) electrons. The van der Waals surface area contributed by atoms with Gasteiger partial charge < -0.3 is 14.4 Å². The van der Waals surface area contributed by atoms with Crippen LogP contribution >= 0.6 is 11.3 Å². The number of amides is 1. The van der Waals surface area contributed by atoms with E-state index in [1.165, 1.54) is 17.7 Å². The van der Waals surface area contributed by atoms with E-state index in [0.29, 0.717) is 12.7 Å². The number of fused-ring (bicyclic) bond motifs is 3. The maximum atomic E-state index is 13.0. The highest BCUT2D eigenvalue weighted by Gasteiger charge is 2.28. The van der Waals surface area contributed by atoms with Crippen LogP contribution in [0.3, 0.4) is 0 Å². The average molecular weight is 385 g/mol. The van der Waals surface area contributed by atoms with Crippen molar-refractivity contribution in [2.75, 3.05) is 39.3 Å². The second-order valence-electron chi connectivity index (χ2n) is 7.48. The van der Waals surface area contributed by atoms with E-state index in [0.717, 1.165) is 61.1 Å². The van der Waals surface area contributed by atoms with E-state index in [2.05, 4.69) is 11.0 Å². The molecule has 142 valence electrons. The van der Waals surface area contributed by atoms with E-state index < -0.39 is 0 Å². The second kappa shape index (κ2) is 7.26. The highest BCUT2D eigenvalue weighted by molar-refractivity contribution is 7.17. The lowest BCUT2D eigenvalue weighted by atomic mass is 10.1. The molecule has 5 rings (SSSR count). The Morgan fingerprint density at radius 1 is 1.19 bits per heavy atom. The molecule has 1 atom stereocenters. The van der Waals surface area contributed by atoms with E-state index in [-0.39, 0.29) is 5.91 Å². The fourth-order valence-electron chi connectivity index (χ4n) is 4.17. The van der Waals surface area contributed by atoms with Crippen LogP contribution in [0, 0.1) is 0 Å². The summed E-state index contributed by atoms with van der Waals surface area (Å²) in [7, 11) is 0. The third kappa shape index (κ3) is 3.37. The van der Waals surface area contributed by atoms with E-state index in [4.69, 9.17) is 9.47 Å². The number of hydrogen-bond donors (Lipinski definition) is 0. The van der Waals surface area contributed by atoms with Crippen LogP contribution in [-0.4, -0.2) is 61.1 Å². The molecule has 0 saturated carbocycles. The normalized spacial score (nSPS) is 22.2. The van der Waals surface area contributed by atoms with E-state index in [1.807, 2.05) is 29.2 Å². The van der Waals surface area contributed by atoms with Crippen molar-refractivity contribution in [1.82, 2.24) is 9.80 Å². The van der Waals surface area contributed by atoms with Crippen LogP contribution in [0.2, 0.25) is 0 Å². The Morgan fingerprint density at radius 3 is 2.85 bits per heavy atom. The van der Waals surface area contributed by atoms with E-state index in [1.54, 1.807) is 11.3 Å². The molecule has 3 aliphatic heterocycles. The summed E-state index contributed by atoms with van der Waals surface area (Å²) in [5.41, 5.74) is 2.23. The fourth-order valence-corrected chi connectivity index (χ4v) is 5.34. The molecule has 0 aliphatic carbocycles. The summed E-state index contributed by atoms with van der Waals surface area (Å²) in [6, 6.07) is 10.1. The molecular formula is C21H24N2O3S. The predicted molar refractivity (Wildman–Crippen MR) is 105 cm³/mol. The molecule has 1 unspecified atom stereocenters. The number of carbonyl (C=O) groups is 1. The Bertz CT molecular complexity index is 836. The number of piperazine rings is 1. The molecule has 0 N–H and O–H groups in total. The zero-order chi connectivity index (χ0) is 18.2. The Hall–Kier alpha value is -1.89. The van der Waals surface area contributed by atoms with Gasteiger partial charge in [0.05, 0.1) is 11.0 Å². The zero-order valence-corrected chi connectivity index (χ0v) is 16.2. The largest absolute Gasteiger partial charge is 0.488 e. The highest BCUT2D eigenvalue weighted by atomic mass is 32.1. The van der Waals surface area contributed by atoms with Gasteiger partial charge in [-0.05, 0) is 31.0 Å². The van der Waals surface area contributed by atoms with Gasteiger partial charge in [-0.2, -0.15) is 0 Å². The second-order valence-corrected chi connectivity index (χ2v) is 8.53. The molecule has 27 heavy (non-hydrogen) atoms. The summed E-state index contributed by atoms with van der Waals surface area (Å²) in [5, 5.41) is 0. The fraction of sp³-hybridized carbons (Fsp3) is 0.476. The summed E-state index contributed by atoms with van der Waals surface area (Å²) < 4.78 is 11.6. The molecule has 5 nitrogen and oxygen atoms in total. The van der Waals surface area contributed by atoms with Gasteiger partial charge in [0.25, 0.3) is 5.91 Å². The standard InChI is InChI=1S/C21H24N2O3S/c24-21(23-9-7-22(8-10-23)13-16-4-3-11-25-16)19-12-15-14-26-18-6-2-1-5-17(18)20(15)27-19/h1-2,5-6,12,16H,3-4,7-11,13-14H2. The molecule has 0 spiro atoms. The first kappa shape index (κ1) is 17.2. The first-order chi connectivity index (χ1) is 13.3. The summed E-state index contributed by atoms with van der Waals surface area (Å²) in [6.45, 7) is 5.90. The molecular weight excluding hydrogens is 360 g/mol. The van der Waals surface area contributed by atoms with Gasteiger partial charge >= 0.3 is 0 Å². The SMILES string of the molecule is O=C(c1cc2c(s1)-c1ccccc1OC2)N1CCN(CC2CCCO2)CC1. The minimum Gasteiger partial charge on any atom is -0.488 e. The van der Waals surface area contributed by atoms with Crippen LogP contribution in [0.25, 0.3) is 10.4 Å². The van der Waals surface area contributed by atoms with Crippen molar-refractivity contribution in [1.29, 1.82) is 0 Å². The number of benzene rings is 1. The van der Waals surface area contributed by atoms with Crippen molar-refractivity contribution in [3.05, 3.63) is 40.8 Å². The smallest absolute Gasteiger partial charge is 0.264 e. The predicted octanol–water partition coefficient (Wildman–Crippen LogP) is 3.24. The maximum Gasteiger partial charge on any atom is 0.264 e. The molecule has 0 bridgehead atoms. The van der Waals surface area contributed by atoms with Gasteiger partial charge in [-0.15, -0.1) is 11.3 Å². The number of para-hydroxylation sites is 1. The quantitative estimate of drug-likeness (QED) is 0.815. The molecule has 4 heterocycles. The van der Waals surface area contributed by atoms with Crippen LogP contribution in [0.15, 0.2) is 30.3 Å². The maximum absolute atomic E-state index is 13.0.